The fourth-order valence-electron chi connectivity index (χ4n) is 2.51. The lowest BCUT2D eigenvalue weighted by molar-refractivity contribution is -0.383. The number of hydrogen-bond donors (Lipinski definition) is 1. The summed E-state index contributed by atoms with van der Waals surface area (Å²) in [6, 6.07) is 7.84. The summed E-state index contributed by atoms with van der Waals surface area (Å²) in [7, 11) is 0. The molecule has 0 aliphatic carbocycles. The zero-order valence-electron chi connectivity index (χ0n) is 10.7. The molecule has 0 spiro atoms. The Morgan fingerprint density at radius 2 is 2.10 bits per heavy atom. The number of nitrogens with two attached hydrogens (primary N) is 1. The van der Waals surface area contributed by atoms with E-state index in [-0.39, 0.29) is 17.3 Å². The first-order valence-corrected chi connectivity index (χ1v) is 6.29. The SMILES string of the molecule is Nc1ncnc(N2CCCc3ccccc32)c1[N+](=O)[O-]. The molecule has 7 heteroatoms. The van der Waals surface area contributed by atoms with Crippen molar-refractivity contribution >= 4 is 23.0 Å². The summed E-state index contributed by atoms with van der Waals surface area (Å²) in [5.41, 5.74) is 7.50. The second-order valence-corrected chi connectivity index (χ2v) is 4.57. The van der Waals surface area contributed by atoms with Gasteiger partial charge in [0.25, 0.3) is 0 Å². The Bertz CT molecular complexity index is 674. The van der Waals surface area contributed by atoms with E-state index in [1.807, 2.05) is 29.2 Å². The Morgan fingerprint density at radius 1 is 1.30 bits per heavy atom. The summed E-state index contributed by atoms with van der Waals surface area (Å²) in [5.74, 6) is 0.151. The van der Waals surface area contributed by atoms with Crippen LogP contribution in [0.2, 0.25) is 0 Å². The van der Waals surface area contributed by atoms with E-state index in [1.54, 1.807) is 0 Å². The lowest BCUT2D eigenvalue weighted by atomic mass is 10.0. The van der Waals surface area contributed by atoms with Gasteiger partial charge >= 0.3 is 5.69 Å². The number of fused-ring (bicyclic) bond motifs is 1. The zero-order chi connectivity index (χ0) is 14.1. The maximum Gasteiger partial charge on any atom is 0.353 e. The Hall–Kier alpha value is -2.70. The Balaban J connectivity index is 2.16. The van der Waals surface area contributed by atoms with Crippen LogP contribution in [0.3, 0.4) is 0 Å². The van der Waals surface area contributed by atoms with E-state index >= 15 is 0 Å². The van der Waals surface area contributed by atoms with E-state index in [4.69, 9.17) is 5.73 Å². The summed E-state index contributed by atoms with van der Waals surface area (Å²) < 4.78 is 0. The molecule has 0 unspecified atom stereocenters. The minimum Gasteiger partial charge on any atom is -0.378 e. The van der Waals surface area contributed by atoms with Gasteiger partial charge in [0.05, 0.1) is 4.92 Å². The largest absolute Gasteiger partial charge is 0.378 e. The van der Waals surface area contributed by atoms with Crippen LogP contribution < -0.4 is 10.6 Å². The van der Waals surface area contributed by atoms with Crippen LogP contribution in [0.25, 0.3) is 0 Å². The van der Waals surface area contributed by atoms with Gasteiger partial charge in [-0.1, -0.05) is 18.2 Å². The van der Waals surface area contributed by atoms with E-state index in [0.717, 1.165) is 24.1 Å². The van der Waals surface area contributed by atoms with Gasteiger partial charge in [0.2, 0.25) is 11.6 Å². The number of nitrogens with zero attached hydrogens (tertiary/aromatic N) is 4. The summed E-state index contributed by atoms with van der Waals surface area (Å²) in [6.07, 6.45) is 3.13. The summed E-state index contributed by atoms with van der Waals surface area (Å²) in [4.78, 5) is 20.3. The first-order valence-electron chi connectivity index (χ1n) is 6.29. The third kappa shape index (κ3) is 1.93. The number of para-hydroxylation sites is 1. The Labute approximate surface area is 115 Å². The molecule has 1 aliphatic heterocycles. The maximum atomic E-state index is 11.2. The molecule has 0 bridgehead atoms. The zero-order valence-corrected chi connectivity index (χ0v) is 10.7. The predicted molar refractivity (Wildman–Crippen MR) is 74.9 cm³/mol. The molecule has 2 heterocycles. The highest BCUT2D eigenvalue weighted by atomic mass is 16.6. The number of aromatic nitrogens is 2. The van der Waals surface area contributed by atoms with Crippen molar-refractivity contribution in [1.29, 1.82) is 0 Å². The average molecular weight is 271 g/mol. The molecule has 1 aromatic heterocycles. The predicted octanol–water partition coefficient (Wildman–Crippen LogP) is 2.05. The molecule has 2 N–H and O–H groups in total. The smallest absolute Gasteiger partial charge is 0.353 e. The number of benzene rings is 1. The third-order valence-corrected chi connectivity index (χ3v) is 3.38. The summed E-state index contributed by atoms with van der Waals surface area (Å²) >= 11 is 0. The van der Waals surface area contributed by atoms with E-state index in [0.29, 0.717) is 6.54 Å². The fraction of sp³-hybridized carbons (Fsp3) is 0.231. The maximum absolute atomic E-state index is 11.2. The van der Waals surface area contributed by atoms with Crippen molar-refractivity contribution in [3.63, 3.8) is 0 Å². The molecule has 0 radical (unpaired) electrons. The minimum atomic E-state index is -0.526. The monoisotopic (exact) mass is 271 g/mol. The van der Waals surface area contributed by atoms with Crippen LogP contribution >= 0.6 is 0 Å². The molecule has 0 saturated carbocycles. The molecule has 7 nitrogen and oxygen atoms in total. The molecule has 102 valence electrons. The first-order chi connectivity index (χ1) is 9.68. The molecule has 0 saturated heterocycles. The molecule has 20 heavy (non-hydrogen) atoms. The number of hydrogen-bond acceptors (Lipinski definition) is 6. The van der Waals surface area contributed by atoms with Gasteiger partial charge in [-0.15, -0.1) is 0 Å². The lowest BCUT2D eigenvalue weighted by Gasteiger charge is -2.29. The van der Waals surface area contributed by atoms with Crippen LogP contribution in [0, 0.1) is 10.1 Å². The van der Waals surface area contributed by atoms with Crippen molar-refractivity contribution in [3.8, 4) is 0 Å². The number of anilines is 3. The van der Waals surface area contributed by atoms with Gasteiger partial charge in [0.15, 0.2) is 0 Å². The Morgan fingerprint density at radius 3 is 2.90 bits per heavy atom. The standard InChI is InChI=1S/C13H13N5O2/c14-12-11(18(19)20)13(16-8-15-12)17-7-3-5-9-4-1-2-6-10(9)17/h1-2,4,6,8H,3,5,7H2,(H2,14,15,16). The van der Waals surface area contributed by atoms with Crippen LogP contribution in [0.4, 0.5) is 23.0 Å². The average Bonchev–Trinajstić information content (AvgIpc) is 2.46. The topological polar surface area (TPSA) is 98.2 Å². The quantitative estimate of drug-likeness (QED) is 0.663. The highest BCUT2D eigenvalue weighted by molar-refractivity contribution is 5.76. The van der Waals surface area contributed by atoms with Crippen molar-refractivity contribution in [2.45, 2.75) is 12.8 Å². The van der Waals surface area contributed by atoms with E-state index < -0.39 is 4.92 Å². The lowest BCUT2D eigenvalue weighted by Crippen LogP contribution is -2.26. The number of aryl methyl sites for hydroxylation is 1. The molecule has 1 aliphatic rings. The Kier molecular flexibility index (Phi) is 2.94. The van der Waals surface area contributed by atoms with Gasteiger partial charge in [-0.25, -0.2) is 9.97 Å². The van der Waals surface area contributed by atoms with E-state index in [2.05, 4.69) is 9.97 Å². The minimum absolute atomic E-state index is 0.108. The second-order valence-electron chi connectivity index (χ2n) is 4.57. The van der Waals surface area contributed by atoms with Crippen LogP contribution in [0.5, 0.6) is 0 Å². The van der Waals surface area contributed by atoms with Crippen molar-refractivity contribution in [2.24, 2.45) is 0 Å². The van der Waals surface area contributed by atoms with Crippen molar-refractivity contribution in [2.75, 3.05) is 17.2 Å². The number of nitro groups is 1. The summed E-state index contributed by atoms with van der Waals surface area (Å²) in [6.45, 7) is 0.675. The van der Waals surface area contributed by atoms with Crippen LogP contribution in [0.1, 0.15) is 12.0 Å². The molecule has 2 aromatic rings. The first kappa shape index (κ1) is 12.3. The van der Waals surface area contributed by atoms with Gasteiger partial charge in [0, 0.05) is 12.2 Å². The van der Waals surface area contributed by atoms with Gasteiger partial charge in [-0.3, -0.25) is 10.1 Å². The third-order valence-electron chi connectivity index (χ3n) is 3.38. The van der Waals surface area contributed by atoms with E-state index in [9.17, 15) is 10.1 Å². The van der Waals surface area contributed by atoms with Crippen LogP contribution in [-0.4, -0.2) is 21.4 Å². The molecular formula is C13H13N5O2. The van der Waals surface area contributed by atoms with Crippen LogP contribution in [-0.2, 0) is 6.42 Å². The number of rotatable bonds is 2. The molecule has 0 fully saturated rings. The van der Waals surface area contributed by atoms with Gasteiger partial charge in [0.1, 0.15) is 6.33 Å². The van der Waals surface area contributed by atoms with E-state index in [1.165, 1.54) is 6.33 Å². The van der Waals surface area contributed by atoms with Crippen LogP contribution in [0.15, 0.2) is 30.6 Å². The van der Waals surface area contributed by atoms with Crippen molar-refractivity contribution in [1.82, 2.24) is 9.97 Å². The van der Waals surface area contributed by atoms with Crippen molar-refractivity contribution in [3.05, 3.63) is 46.3 Å². The summed E-state index contributed by atoms with van der Waals surface area (Å²) in [5, 5.41) is 11.2. The molecule has 1 aromatic carbocycles. The van der Waals surface area contributed by atoms with Gasteiger partial charge in [-0.05, 0) is 24.5 Å². The highest BCUT2D eigenvalue weighted by Gasteiger charge is 2.28. The second kappa shape index (κ2) is 4.76. The highest BCUT2D eigenvalue weighted by Crippen LogP contribution is 2.38. The normalized spacial score (nSPS) is 13.9. The molecular weight excluding hydrogens is 258 g/mol. The number of nitrogen functional groups attached to an aromatic ring is 1. The van der Waals surface area contributed by atoms with Gasteiger partial charge < -0.3 is 10.6 Å². The molecule has 0 amide bonds. The van der Waals surface area contributed by atoms with Crippen molar-refractivity contribution < 1.29 is 4.92 Å². The van der Waals surface area contributed by atoms with Gasteiger partial charge in [-0.2, -0.15) is 0 Å². The fourth-order valence-corrected chi connectivity index (χ4v) is 2.51. The molecule has 3 rings (SSSR count). The molecule has 0 atom stereocenters.